The van der Waals surface area contributed by atoms with Gasteiger partial charge in [-0.05, 0) is 18.6 Å². The molecule has 88 valence electrons. The number of nitrogens with zero attached hydrogens (tertiary/aromatic N) is 1. The predicted molar refractivity (Wildman–Crippen MR) is 74.1 cm³/mol. The van der Waals surface area contributed by atoms with Gasteiger partial charge in [0.05, 0.1) is 15.5 Å². The molecule has 0 spiro atoms. The molecular formula is C10H12Cl2N2S2. The van der Waals surface area contributed by atoms with Crippen LogP contribution in [0, 0.1) is 0 Å². The minimum absolute atomic E-state index is 0. The molecule has 0 atom stereocenters. The van der Waals surface area contributed by atoms with E-state index in [0.29, 0.717) is 0 Å². The van der Waals surface area contributed by atoms with Crippen LogP contribution in [0.5, 0.6) is 0 Å². The average molecular weight is 295 g/mol. The maximum absolute atomic E-state index is 5.84. The van der Waals surface area contributed by atoms with E-state index >= 15 is 0 Å². The van der Waals surface area contributed by atoms with E-state index in [2.05, 4.69) is 21.7 Å². The molecule has 0 aliphatic rings. The summed E-state index contributed by atoms with van der Waals surface area (Å²) in [7, 11) is 0. The van der Waals surface area contributed by atoms with Crippen molar-refractivity contribution in [1.29, 1.82) is 0 Å². The van der Waals surface area contributed by atoms with Crippen LogP contribution in [0.2, 0.25) is 4.34 Å². The molecule has 0 saturated heterocycles. The van der Waals surface area contributed by atoms with E-state index in [1.807, 2.05) is 11.6 Å². The molecule has 0 unspecified atom stereocenters. The lowest BCUT2D eigenvalue weighted by molar-refractivity contribution is 0.681. The number of thiophene rings is 1. The summed E-state index contributed by atoms with van der Waals surface area (Å²) in [6.45, 7) is 1.82. The van der Waals surface area contributed by atoms with Crippen LogP contribution in [0.4, 0.5) is 0 Å². The number of aromatic nitrogens is 1. The lowest BCUT2D eigenvalue weighted by Gasteiger charge is -2.00. The highest BCUT2D eigenvalue weighted by Crippen LogP contribution is 2.21. The van der Waals surface area contributed by atoms with Crippen LogP contribution >= 0.6 is 46.7 Å². The normalized spacial score (nSPS) is 10.1. The molecule has 0 amide bonds. The Labute approximate surface area is 114 Å². The summed E-state index contributed by atoms with van der Waals surface area (Å²) in [5.74, 6) is 0. The molecule has 2 aromatic rings. The number of nitrogens with one attached hydrogen (secondary N) is 1. The highest BCUT2D eigenvalue weighted by Gasteiger charge is 1.98. The second kappa shape index (κ2) is 7.25. The largest absolute Gasteiger partial charge is 0.311 e. The van der Waals surface area contributed by atoms with Crippen LogP contribution in [0.25, 0.3) is 0 Å². The van der Waals surface area contributed by atoms with Gasteiger partial charge in [-0.25, -0.2) is 4.98 Å². The summed E-state index contributed by atoms with van der Waals surface area (Å²) in [5.41, 5.74) is 2.97. The topological polar surface area (TPSA) is 24.9 Å². The van der Waals surface area contributed by atoms with Gasteiger partial charge in [0.2, 0.25) is 0 Å². The van der Waals surface area contributed by atoms with Crippen molar-refractivity contribution in [1.82, 2.24) is 10.3 Å². The van der Waals surface area contributed by atoms with Gasteiger partial charge in [0.15, 0.2) is 0 Å². The van der Waals surface area contributed by atoms with E-state index in [0.717, 1.165) is 29.5 Å². The zero-order valence-corrected chi connectivity index (χ0v) is 11.7. The van der Waals surface area contributed by atoms with Crippen LogP contribution in [0.15, 0.2) is 23.0 Å². The third kappa shape index (κ3) is 4.39. The molecule has 0 bridgehead atoms. The fourth-order valence-electron chi connectivity index (χ4n) is 1.24. The molecule has 2 aromatic heterocycles. The van der Waals surface area contributed by atoms with E-state index < -0.39 is 0 Å². The standard InChI is InChI=1S/C10H11ClN2S2.ClH/c11-10-2-1-9(15-10)3-4-12-5-8-6-14-7-13-8;/h1-2,6-7,12H,3-5H2;1H. The predicted octanol–water partition coefficient (Wildman–Crippen LogP) is 3.61. The highest BCUT2D eigenvalue weighted by atomic mass is 35.5. The molecule has 0 aliphatic heterocycles. The summed E-state index contributed by atoms with van der Waals surface area (Å²) in [6, 6.07) is 4.03. The Kier molecular flexibility index (Phi) is 6.31. The zero-order valence-electron chi connectivity index (χ0n) is 8.48. The van der Waals surface area contributed by atoms with E-state index in [9.17, 15) is 0 Å². The SMILES string of the molecule is Cl.Clc1ccc(CCNCc2cscn2)s1. The lowest BCUT2D eigenvalue weighted by Crippen LogP contribution is -2.16. The lowest BCUT2D eigenvalue weighted by atomic mass is 10.3. The van der Waals surface area contributed by atoms with Crippen molar-refractivity contribution < 1.29 is 0 Å². The summed E-state index contributed by atoms with van der Waals surface area (Å²) in [4.78, 5) is 5.53. The fourth-order valence-corrected chi connectivity index (χ4v) is 2.88. The smallest absolute Gasteiger partial charge is 0.0931 e. The van der Waals surface area contributed by atoms with Gasteiger partial charge in [-0.2, -0.15) is 0 Å². The summed E-state index contributed by atoms with van der Waals surface area (Å²) < 4.78 is 0.865. The minimum Gasteiger partial charge on any atom is -0.311 e. The Morgan fingerprint density at radius 2 is 2.25 bits per heavy atom. The molecule has 0 aliphatic carbocycles. The Hall–Kier alpha value is -0.130. The van der Waals surface area contributed by atoms with Gasteiger partial charge in [-0.15, -0.1) is 35.1 Å². The Balaban J connectivity index is 0.00000128. The quantitative estimate of drug-likeness (QED) is 0.852. The molecule has 1 N–H and O–H groups in total. The van der Waals surface area contributed by atoms with Crippen molar-refractivity contribution in [2.45, 2.75) is 13.0 Å². The van der Waals surface area contributed by atoms with Crippen molar-refractivity contribution in [3.8, 4) is 0 Å². The molecule has 2 heterocycles. The zero-order chi connectivity index (χ0) is 10.5. The van der Waals surface area contributed by atoms with E-state index in [1.54, 1.807) is 22.7 Å². The molecule has 6 heteroatoms. The maximum Gasteiger partial charge on any atom is 0.0931 e. The molecule has 0 radical (unpaired) electrons. The first kappa shape index (κ1) is 13.9. The van der Waals surface area contributed by atoms with Gasteiger partial charge in [0.1, 0.15) is 0 Å². The monoisotopic (exact) mass is 294 g/mol. The molecule has 2 nitrogen and oxygen atoms in total. The second-order valence-corrected chi connectivity index (χ2v) is 5.63. The molecule has 0 saturated carbocycles. The van der Waals surface area contributed by atoms with Gasteiger partial charge in [0, 0.05) is 23.3 Å². The van der Waals surface area contributed by atoms with E-state index in [1.165, 1.54) is 4.88 Å². The Morgan fingerprint density at radius 3 is 2.88 bits per heavy atom. The first-order valence-electron chi connectivity index (χ1n) is 4.66. The van der Waals surface area contributed by atoms with E-state index in [-0.39, 0.29) is 12.4 Å². The number of hydrogen-bond acceptors (Lipinski definition) is 4. The van der Waals surface area contributed by atoms with Crippen molar-refractivity contribution in [3.63, 3.8) is 0 Å². The first-order chi connectivity index (χ1) is 7.34. The van der Waals surface area contributed by atoms with Crippen molar-refractivity contribution >= 4 is 46.7 Å². The molecule has 2 rings (SSSR count). The minimum atomic E-state index is 0. The van der Waals surface area contributed by atoms with Crippen LogP contribution in [-0.4, -0.2) is 11.5 Å². The third-order valence-corrected chi connectivity index (χ3v) is 3.89. The summed E-state index contributed by atoms with van der Waals surface area (Å²) in [6.07, 6.45) is 1.03. The molecule has 16 heavy (non-hydrogen) atoms. The van der Waals surface area contributed by atoms with Crippen molar-refractivity contribution in [2.75, 3.05) is 6.54 Å². The van der Waals surface area contributed by atoms with Crippen molar-refractivity contribution in [3.05, 3.63) is 37.9 Å². The van der Waals surface area contributed by atoms with Crippen LogP contribution < -0.4 is 5.32 Å². The van der Waals surface area contributed by atoms with Gasteiger partial charge < -0.3 is 5.32 Å². The maximum atomic E-state index is 5.84. The third-order valence-electron chi connectivity index (χ3n) is 1.97. The van der Waals surface area contributed by atoms with E-state index in [4.69, 9.17) is 11.6 Å². The summed E-state index contributed by atoms with van der Waals surface area (Å²) in [5, 5.41) is 5.42. The number of hydrogen-bond donors (Lipinski definition) is 1. The molecule has 0 fully saturated rings. The number of rotatable bonds is 5. The van der Waals surface area contributed by atoms with Gasteiger partial charge in [-0.1, -0.05) is 11.6 Å². The first-order valence-corrected chi connectivity index (χ1v) is 6.80. The Bertz CT molecular complexity index is 401. The number of halogens is 2. The fraction of sp³-hybridized carbons (Fsp3) is 0.300. The van der Waals surface area contributed by atoms with Gasteiger partial charge in [-0.3, -0.25) is 0 Å². The molecular weight excluding hydrogens is 283 g/mol. The second-order valence-electron chi connectivity index (χ2n) is 3.11. The van der Waals surface area contributed by atoms with Gasteiger partial charge >= 0.3 is 0 Å². The average Bonchev–Trinajstić information content (AvgIpc) is 2.84. The number of thiazole rings is 1. The van der Waals surface area contributed by atoms with Gasteiger partial charge in [0.25, 0.3) is 0 Å². The highest BCUT2D eigenvalue weighted by molar-refractivity contribution is 7.16. The molecule has 0 aromatic carbocycles. The van der Waals surface area contributed by atoms with Crippen LogP contribution in [0.1, 0.15) is 10.6 Å². The van der Waals surface area contributed by atoms with Crippen LogP contribution in [0.3, 0.4) is 0 Å². The van der Waals surface area contributed by atoms with Crippen LogP contribution in [-0.2, 0) is 13.0 Å². The Morgan fingerprint density at radius 1 is 1.38 bits per heavy atom. The van der Waals surface area contributed by atoms with Crippen molar-refractivity contribution in [2.24, 2.45) is 0 Å². The summed E-state index contributed by atoms with van der Waals surface area (Å²) >= 11 is 9.12.